The van der Waals surface area contributed by atoms with Crippen molar-refractivity contribution in [2.45, 2.75) is 117 Å². The Kier molecular flexibility index (Phi) is 13.1. The van der Waals surface area contributed by atoms with Gasteiger partial charge in [0.1, 0.15) is 12.1 Å². The molecule has 4 atom stereocenters. The van der Waals surface area contributed by atoms with E-state index in [1.165, 1.54) is 49.8 Å². The number of carbonyl (C=O) groups excluding carboxylic acids is 2. The molecule has 0 spiro atoms. The normalized spacial score (nSPS) is 22.6. The Morgan fingerprint density at radius 1 is 0.967 bits per heavy atom. The average molecular weight is 426 g/mol. The van der Waals surface area contributed by atoms with Crippen LogP contribution in [-0.2, 0) is 14.3 Å². The van der Waals surface area contributed by atoms with Gasteiger partial charge in [-0.1, -0.05) is 79.1 Å². The Hall–Kier alpha value is -1.26. The number of hydrogen-bond acceptors (Lipinski definition) is 4. The van der Waals surface area contributed by atoms with Crippen molar-refractivity contribution in [2.75, 3.05) is 13.7 Å². The lowest BCUT2D eigenvalue weighted by molar-refractivity contribution is -0.148. The summed E-state index contributed by atoms with van der Waals surface area (Å²) in [5.41, 5.74) is 0. The molecule has 0 heterocycles. The molecule has 30 heavy (non-hydrogen) atoms. The lowest BCUT2D eigenvalue weighted by atomic mass is 9.75. The molecular weight excluding hydrogens is 378 g/mol. The van der Waals surface area contributed by atoms with Gasteiger partial charge in [-0.2, -0.15) is 0 Å². The maximum atomic E-state index is 12.7. The number of amides is 1. The van der Waals surface area contributed by atoms with Crippen molar-refractivity contribution in [1.29, 1.82) is 0 Å². The highest BCUT2D eigenvalue weighted by atomic mass is 16.6. The fraction of sp³-hybridized carbons (Fsp3) is 0.920. The van der Waals surface area contributed by atoms with E-state index < -0.39 is 12.1 Å². The number of nitrogens with zero attached hydrogens (tertiary/aromatic N) is 1. The molecule has 0 saturated heterocycles. The van der Waals surface area contributed by atoms with Gasteiger partial charge in [-0.3, -0.25) is 4.90 Å². The van der Waals surface area contributed by atoms with Crippen molar-refractivity contribution in [3.63, 3.8) is 0 Å². The summed E-state index contributed by atoms with van der Waals surface area (Å²) >= 11 is 0. The van der Waals surface area contributed by atoms with Crippen LogP contribution in [0.4, 0.5) is 4.79 Å². The zero-order valence-electron chi connectivity index (χ0n) is 20.5. The third-order valence-electron chi connectivity index (χ3n) is 6.67. The van der Waals surface area contributed by atoms with E-state index in [9.17, 15) is 9.59 Å². The fourth-order valence-electron chi connectivity index (χ4n) is 4.31. The lowest BCUT2D eigenvalue weighted by Crippen LogP contribution is -2.45. The molecule has 0 aliphatic heterocycles. The fourth-order valence-corrected chi connectivity index (χ4v) is 4.31. The smallest absolute Gasteiger partial charge is 0.410 e. The van der Waals surface area contributed by atoms with Crippen molar-refractivity contribution in [3.8, 4) is 0 Å². The van der Waals surface area contributed by atoms with Crippen LogP contribution in [-0.4, -0.2) is 42.8 Å². The highest BCUT2D eigenvalue weighted by molar-refractivity contribution is 5.80. The summed E-state index contributed by atoms with van der Waals surface area (Å²) in [4.78, 5) is 26.4. The summed E-state index contributed by atoms with van der Waals surface area (Å²) < 4.78 is 11.2. The first-order valence-electron chi connectivity index (χ1n) is 12.4. The van der Waals surface area contributed by atoms with Gasteiger partial charge in [0.15, 0.2) is 0 Å². The molecule has 1 aliphatic rings. The molecule has 1 fully saturated rings. The molecule has 0 aromatic carbocycles. The molecule has 176 valence electrons. The summed E-state index contributed by atoms with van der Waals surface area (Å²) in [7, 11) is 1.63. The Labute approximate surface area is 185 Å². The van der Waals surface area contributed by atoms with E-state index >= 15 is 0 Å². The van der Waals surface area contributed by atoms with E-state index in [1.807, 2.05) is 0 Å². The van der Waals surface area contributed by atoms with Crippen molar-refractivity contribution in [2.24, 2.45) is 17.8 Å². The van der Waals surface area contributed by atoms with E-state index in [1.54, 1.807) is 14.0 Å². The van der Waals surface area contributed by atoms with Crippen LogP contribution in [0.2, 0.25) is 0 Å². The van der Waals surface area contributed by atoms with Crippen LogP contribution >= 0.6 is 0 Å². The van der Waals surface area contributed by atoms with Crippen molar-refractivity contribution < 1.29 is 19.1 Å². The summed E-state index contributed by atoms with van der Waals surface area (Å²) in [6.07, 6.45) is 12.3. The molecule has 1 amide bonds. The quantitative estimate of drug-likeness (QED) is 0.247. The van der Waals surface area contributed by atoms with E-state index in [2.05, 4.69) is 27.7 Å². The number of carbonyl (C=O) groups is 2. The molecule has 5 heteroatoms. The predicted molar refractivity (Wildman–Crippen MR) is 122 cm³/mol. The summed E-state index contributed by atoms with van der Waals surface area (Å²) in [5, 5.41) is 0. The largest absolute Gasteiger partial charge is 0.464 e. The minimum Gasteiger partial charge on any atom is -0.464 e. The van der Waals surface area contributed by atoms with Gasteiger partial charge in [0.25, 0.3) is 0 Å². The Bertz CT molecular complexity index is 494. The second-order valence-corrected chi connectivity index (χ2v) is 9.68. The highest BCUT2D eigenvalue weighted by Gasteiger charge is 2.35. The molecule has 0 aromatic heterocycles. The van der Waals surface area contributed by atoms with E-state index in [0.717, 1.165) is 25.7 Å². The van der Waals surface area contributed by atoms with Crippen LogP contribution in [0.15, 0.2) is 0 Å². The summed E-state index contributed by atoms with van der Waals surface area (Å²) in [6.45, 7) is 11.0. The second kappa shape index (κ2) is 14.7. The van der Waals surface area contributed by atoms with Crippen LogP contribution in [0.25, 0.3) is 0 Å². The third-order valence-corrected chi connectivity index (χ3v) is 6.67. The average Bonchev–Trinajstić information content (AvgIpc) is 2.71. The topological polar surface area (TPSA) is 55.8 Å². The maximum Gasteiger partial charge on any atom is 0.410 e. The zero-order chi connectivity index (χ0) is 22.5. The van der Waals surface area contributed by atoms with Gasteiger partial charge in [0.2, 0.25) is 0 Å². The van der Waals surface area contributed by atoms with Gasteiger partial charge >= 0.3 is 12.1 Å². The van der Waals surface area contributed by atoms with Crippen molar-refractivity contribution in [3.05, 3.63) is 0 Å². The first-order chi connectivity index (χ1) is 14.3. The maximum absolute atomic E-state index is 12.7. The molecule has 0 aromatic rings. The van der Waals surface area contributed by atoms with Gasteiger partial charge < -0.3 is 9.47 Å². The van der Waals surface area contributed by atoms with Crippen LogP contribution in [0, 0.1) is 17.8 Å². The molecule has 1 rings (SSSR count). The van der Waals surface area contributed by atoms with Crippen molar-refractivity contribution >= 4 is 12.1 Å². The first kappa shape index (κ1) is 26.8. The first-order valence-corrected chi connectivity index (χ1v) is 12.4. The molecule has 1 saturated carbocycles. The summed E-state index contributed by atoms with van der Waals surface area (Å²) in [6, 6.07) is -0.634. The standard InChI is InChI=1S/C25H47NO4/c1-7-8-9-10-11-12-13-14-17-29-24(27)21(5)26(6)25(28)30-23-18-20(4)15-16-22(23)19(2)3/h19-23H,7-18H2,1-6H3. The molecule has 4 unspecified atom stereocenters. The van der Waals surface area contributed by atoms with E-state index in [4.69, 9.17) is 9.47 Å². The monoisotopic (exact) mass is 425 g/mol. The Morgan fingerprint density at radius 2 is 1.57 bits per heavy atom. The Morgan fingerprint density at radius 3 is 2.17 bits per heavy atom. The molecule has 0 bridgehead atoms. The van der Waals surface area contributed by atoms with Crippen molar-refractivity contribution in [1.82, 2.24) is 4.90 Å². The third kappa shape index (κ3) is 9.70. The SMILES string of the molecule is CCCCCCCCCCOC(=O)C(C)N(C)C(=O)OC1CC(C)CCC1C(C)C. The Balaban J connectivity index is 2.31. The molecule has 5 nitrogen and oxygen atoms in total. The molecule has 1 aliphatic carbocycles. The number of esters is 1. The van der Waals surface area contributed by atoms with Crippen LogP contribution < -0.4 is 0 Å². The number of unbranched alkanes of at least 4 members (excludes halogenated alkanes) is 7. The van der Waals surface area contributed by atoms with Crippen LogP contribution in [0.1, 0.15) is 105 Å². The van der Waals surface area contributed by atoms with Gasteiger partial charge in [-0.25, -0.2) is 9.59 Å². The molecular formula is C25H47NO4. The van der Waals surface area contributed by atoms with Gasteiger partial charge in [0.05, 0.1) is 6.61 Å². The van der Waals surface area contributed by atoms with E-state index in [-0.39, 0.29) is 12.1 Å². The van der Waals surface area contributed by atoms with Crippen LogP contribution in [0.5, 0.6) is 0 Å². The molecule has 0 N–H and O–H groups in total. The van der Waals surface area contributed by atoms with E-state index in [0.29, 0.717) is 24.4 Å². The number of hydrogen-bond donors (Lipinski definition) is 0. The van der Waals surface area contributed by atoms with Crippen LogP contribution in [0.3, 0.4) is 0 Å². The minimum absolute atomic E-state index is 0.0655. The predicted octanol–water partition coefficient (Wildman–Crippen LogP) is 6.59. The minimum atomic E-state index is -0.634. The second-order valence-electron chi connectivity index (χ2n) is 9.68. The summed E-state index contributed by atoms with van der Waals surface area (Å²) in [5.74, 6) is 1.09. The number of rotatable bonds is 13. The van der Waals surface area contributed by atoms with Gasteiger partial charge in [-0.05, 0) is 43.9 Å². The number of ether oxygens (including phenoxy) is 2. The van der Waals surface area contributed by atoms with Gasteiger partial charge in [-0.15, -0.1) is 0 Å². The lowest BCUT2D eigenvalue weighted by Gasteiger charge is -2.37. The highest BCUT2D eigenvalue weighted by Crippen LogP contribution is 2.35. The number of likely N-dealkylation sites (N-methyl/N-ethyl adjacent to an activating group) is 1. The van der Waals surface area contributed by atoms with Gasteiger partial charge in [0, 0.05) is 7.05 Å². The zero-order valence-corrected chi connectivity index (χ0v) is 20.5. The molecule has 0 radical (unpaired) electrons.